The number of benzene rings is 1. The number of hydrogen-bond acceptors (Lipinski definition) is 1. The van der Waals surface area contributed by atoms with Crippen LogP contribution in [-0.4, -0.2) is 5.11 Å². The van der Waals surface area contributed by atoms with E-state index in [-0.39, 0.29) is 5.41 Å². The molecule has 0 aliphatic carbocycles. The molecule has 1 atom stereocenters. The van der Waals surface area contributed by atoms with Crippen LogP contribution >= 0.6 is 15.9 Å². The van der Waals surface area contributed by atoms with Gasteiger partial charge in [-0.05, 0) is 23.1 Å². The lowest BCUT2D eigenvalue weighted by Crippen LogP contribution is -2.12. The van der Waals surface area contributed by atoms with Gasteiger partial charge in [-0.2, -0.15) is 0 Å². The molecule has 1 rings (SSSR count). The quantitative estimate of drug-likeness (QED) is 0.742. The third kappa shape index (κ3) is 2.73. The summed E-state index contributed by atoms with van der Waals surface area (Å²) in [4.78, 5) is 0.320. The zero-order valence-electron chi connectivity index (χ0n) is 8.21. The molecule has 0 spiro atoms. The van der Waals surface area contributed by atoms with Crippen molar-refractivity contribution in [3.8, 4) is 5.75 Å². The van der Waals surface area contributed by atoms with Crippen LogP contribution in [0, 0.1) is 5.41 Å². The van der Waals surface area contributed by atoms with Crippen LogP contribution in [0.25, 0.3) is 0 Å². The van der Waals surface area contributed by atoms with Crippen LogP contribution in [0.5, 0.6) is 5.75 Å². The van der Waals surface area contributed by atoms with Crippen LogP contribution in [0.15, 0.2) is 24.3 Å². The van der Waals surface area contributed by atoms with E-state index < -0.39 is 0 Å². The summed E-state index contributed by atoms with van der Waals surface area (Å²) in [5.41, 5.74) is 1.39. The van der Waals surface area contributed by atoms with Gasteiger partial charge in [0.05, 0.1) is 0 Å². The fourth-order valence-corrected chi connectivity index (χ4v) is 1.45. The van der Waals surface area contributed by atoms with Gasteiger partial charge in [-0.25, -0.2) is 0 Å². The number of rotatable bonds is 1. The van der Waals surface area contributed by atoms with Gasteiger partial charge in [0.15, 0.2) is 0 Å². The molecule has 0 amide bonds. The molecule has 1 N–H and O–H groups in total. The minimum Gasteiger partial charge on any atom is -0.508 e. The van der Waals surface area contributed by atoms with E-state index in [0.29, 0.717) is 10.6 Å². The van der Waals surface area contributed by atoms with Gasteiger partial charge in [-0.15, -0.1) is 0 Å². The van der Waals surface area contributed by atoms with Crippen molar-refractivity contribution in [3.05, 3.63) is 29.8 Å². The highest BCUT2D eigenvalue weighted by Crippen LogP contribution is 2.40. The van der Waals surface area contributed by atoms with Crippen LogP contribution in [-0.2, 0) is 0 Å². The summed E-state index contributed by atoms with van der Waals surface area (Å²) >= 11 is 3.65. The third-order valence-electron chi connectivity index (χ3n) is 1.95. The van der Waals surface area contributed by atoms with Gasteiger partial charge in [-0.1, -0.05) is 48.8 Å². The number of halogens is 1. The molecule has 1 unspecified atom stereocenters. The van der Waals surface area contributed by atoms with Gasteiger partial charge in [-0.3, -0.25) is 0 Å². The van der Waals surface area contributed by atoms with Gasteiger partial charge in [0.1, 0.15) is 5.75 Å². The Bertz CT molecular complexity index is 271. The second-order valence-corrected chi connectivity index (χ2v) is 5.24. The Balaban J connectivity index is 2.90. The van der Waals surface area contributed by atoms with Crippen LogP contribution in [0.1, 0.15) is 31.2 Å². The Labute approximate surface area is 87.9 Å². The number of aromatic hydroxyl groups is 1. The first-order valence-corrected chi connectivity index (χ1v) is 5.26. The molecule has 72 valence electrons. The summed E-state index contributed by atoms with van der Waals surface area (Å²) in [6, 6.07) is 7.32. The lowest BCUT2D eigenvalue weighted by atomic mass is 9.88. The minimum absolute atomic E-state index is 0.191. The van der Waals surface area contributed by atoms with Crippen molar-refractivity contribution in [3.63, 3.8) is 0 Å². The molecule has 13 heavy (non-hydrogen) atoms. The molecular weight excluding hydrogens is 228 g/mol. The molecule has 0 aromatic heterocycles. The summed E-state index contributed by atoms with van der Waals surface area (Å²) < 4.78 is 0. The van der Waals surface area contributed by atoms with Crippen molar-refractivity contribution < 1.29 is 5.11 Å². The van der Waals surface area contributed by atoms with Crippen LogP contribution in [0.4, 0.5) is 0 Å². The van der Waals surface area contributed by atoms with Crippen LogP contribution in [0.3, 0.4) is 0 Å². The van der Waals surface area contributed by atoms with E-state index >= 15 is 0 Å². The number of phenols is 1. The highest BCUT2D eigenvalue weighted by Gasteiger charge is 2.22. The van der Waals surface area contributed by atoms with Gasteiger partial charge >= 0.3 is 0 Å². The van der Waals surface area contributed by atoms with E-state index in [2.05, 4.69) is 36.7 Å². The molecule has 1 aromatic rings. The molecule has 0 radical (unpaired) electrons. The first-order valence-electron chi connectivity index (χ1n) is 4.34. The fraction of sp³-hybridized carbons (Fsp3) is 0.455. The number of phenolic OH excluding ortho intramolecular Hbond substituents is 1. The summed E-state index contributed by atoms with van der Waals surface area (Å²) in [5.74, 6) is 0.317. The summed E-state index contributed by atoms with van der Waals surface area (Å²) in [6.07, 6.45) is 0. The highest BCUT2D eigenvalue weighted by atomic mass is 79.9. The smallest absolute Gasteiger partial charge is 0.115 e. The molecule has 0 saturated heterocycles. The van der Waals surface area contributed by atoms with Crippen LogP contribution < -0.4 is 0 Å². The monoisotopic (exact) mass is 242 g/mol. The fourth-order valence-electron chi connectivity index (χ4n) is 1.14. The van der Waals surface area contributed by atoms with Gasteiger partial charge in [0.25, 0.3) is 0 Å². The van der Waals surface area contributed by atoms with E-state index in [9.17, 15) is 0 Å². The molecule has 1 aromatic carbocycles. The van der Waals surface area contributed by atoms with E-state index in [1.54, 1.807) is 12.1 Å². The van der Waals surface area contributed by atoms with E-state index in [1.807, 2.05) is 12.1 Å². The average molecular weight is 243 g/mol. The van der Waals surface area contributed by atoms with Crippen molar-refractivity contribution in [1.29, 1.82) is 0 Å². The SMILES string of the molecule is CC(C)(C)C(Br)c1ccc(O)cc1. The average Bonchev–Trinajstić information content (AvgIpc) is 2.03. The van der Waals surface area contributed by atoms with Crippen molar-refractivity contribution in [2.24, 2.45) is 5.41 Å². The first-order chi connectivity index (χ1) is 5.91. The van der Waals surface area contributed by atoms with Crippen molar-refractivity contribution >= 4 is 15.9 Å². The Hall–Kier alpha value is -0.500. The van der Waals surface area contributed by atoms with Crippen molar-refractivity contribution in [2.75, 3.05) is 0 Å². The Morgan fingerprint density at radius 3 is 2.00 bits per heavy atom. The third-order valence-corrected chi connectivity index (χ3v) is 3.85. The topological polar surface area (TPSA) is 20.2 Å². The lowest BCUT2D eigenvalue weighted by molar-refractivity contribution is 0.406. The summed E-state index contributed by atoms with van der Waals surface area (Å²) in [7, 11) is 0. The molecule has 0 aliphatic rings. The maximum Gasteiger partial charge on any atom is 0.115 e. The normalized spacial score (nSPS) is 14.2. The standard InChI is InChI=1S/C11H15BrO/c1-11(2,3)10(12)8-4-6-9(13)7-5-8/h4-7,10,13H,1-3H3. The summed E-state index contributed by atoms with van der Waals surface area (Å²) in [5, 5.41) is 9.13. The highest BCUT2D eigenvalue weighted by molar-refractivity contribution is 9.09. The largest absolute Gasteiger partial charge is 0.508 e. The molecular formula is C11H15BrO. The van der Waals surface area contributed by atoms with Gasteiger partial charge in [0.2, 0.25) is 0 Å². The maximum absolute atomic E-state index is 9.13. The second-order valence-electron chi connectivity index (χ2n) is 4.32. The maximum atomic E-state index is 9.13. The summed E-state index contributed by atoms with van der Waals surface area (Å²) in [6.45, 7) is 6.54. The predicted molar refractivity (Wildman–Crippen MR) is 59.2 cm³/mol. The molecule has 0 saturated carbocycles. The first kappa shape index (κ1) is 10.6. The predicted octanol–water partition coefficient (Wildman–Crippen LogP) is 3.87. The van der Waals surface area contributed by atoms with E-state index in [4.69, 9.17) is 5.11 Å². The molecule has 0 fully saturated rings. The number of alkyl halides is 1. The van der Waals surface area contributed by atoms with Gasteiger partial charge < -0.3 is 5.11 Å². The van der Waals surface area contributed by atoms with Gasteiger partial charge in [0, 0.05) is 4.83 Å². The van der Waals surface area contributed by atoms with Crippen LogP contribution in [0.2, 0.25) is 0 Å². The molecule has 0 heterocycles. The van der Waals surface area contributed by atoms with E-state index in [1.165, 1.54) is 5.56 Å². The Morgan fingerprint density at radius 2 is 1.62 bits per heavy atom. The van der Waals surface area contributed by atoms with E-state index in [0.717, 1.165) is 0 Å². The molecule has 0 bridgehead atoms. The zero-order chi connectivity index (χ0) is 10.1. The Morgan fingerprint density at radius 1 is 1.15 bits per heavy atom. The second kappa shape index (κ2) is 3.70. The molecule has 2 heteroatoms. The zero-order valence-corrected chi connectivity index (χ0v) is 9.80. The Kier molecular flexibility index (Phi) is 3.01. The van der Waals surface area contributed by atoms with Crippen molar-refractivity contribution in [1.82, 2.24) is 0 Å². The number of hydrogen-bond donors (Lipinski definition) is 1. The molecule has 0 aliphatic heterocycles. The lowest BCUT2D eigenvalue weighted by Gasteiger charge is -2.25. The minimum atomic E-state index is 0.191. The molecule has 1 nitrogen and oxygen atoms in total. The van der Waals surface area contributed by atoms with Crippen molar-refractivity contribution in [2.45, 2.75) is 25.6 Å².